The summed E-state index contributed by atoms with van der Waals surface area (Å²) in [5, 5.41) is 2.85. The van der Waals surface area contributed by atoms with Crippen molar-refractivity contribution < 1.29 is 14.3 Å². The molecule has 2 unspecified atom stereocenters. The van der Waals surface area contributed by atoms with Crippen LogP contribution in [0.3, 0.4) is 0 Å². The number of amides is 1. The van der Waals surface area contributed by atoms with Gasteiger partial charge in [0.1, 0.15) is 0 Å². The van der Waals surface area contributed by atoms with E-state index in [2.05, 4.69) is 5.32 Å². The maximum atomic E-state index is 11.7. The number of hydrogen-bond donors (Lipinski definition) is 1. The molecule has 0 aromatic heterocycles. The molecule has 5 heteroatoms. The number of carbonyl (C=O) groups is 2. The Morgan fingerprint density at radius 1 is 1.22 bits per heavy atom. The number of rotatable bonds is 7. The topological polar surface area (TPSA) is 58.6 Å². The van der Waals surface area contributed by atoms with E-state index in [-0.39, 0.29) is 30.4 Å². The Hall–Kier alpha value is -1.10. The Balaban J connectivity index is 4.18. The van der Waals surface area contributed by atoms with Gasteiger partial charge in [0.05, 0.1) is 19.6 Å². The van der Waals surface area contributed by atoms with E-state index in [4.69, 9.17) is 4.74 Å². The monoisotopic (exact) mass is 258 g/mol. The van der Waals surface area contributed by atoms with E-state index in [0.29, 0.717) is 12.5 Å². The third-order valence-electron chi connectivity index (χ3n) is 3.09. The van der Waals surface area contributed by atoms with Gasteiger partial charge in [0.2, 0.25) is 5.91 Å². The molecular formula is C13H26N2O3. The number of hydrogen-bond acceptors (Lipinski definition) is 4. The van der Waals surface area contributed by atoms with Crippen LogP contribution in [-0.2, 0) is 14.3 Å². The first-order chi connectivity index (χ1) is 8.29. The average Bonchev–Trinajstić information content (AvgIpc) is 2.33. The normalized spacial score (nSPS) is 14.4. The van der Waals surface area contributed by atoms with Crippen molar-refractivity contribution in [3.8, 4) is 0 Å². The lowest BCUT2D eigenvalue weighted by atomic mass is 10.0. The molecule has 18 heavy (non-hydrogen) atoms. The van der Waals surface area contributed by atoms with Crippen molar-refractivity contribution in [1.82, 2.24) is 10.2 Å². The summed E-state index contributed by atoms with van der Waals surface area (Å²) in [6, 6.07) is -0.0396. The van der Waals surface area contributed by atoms with E-state index in [1.807, 2.05) is 32.7 Å². The van der Waals surface area contributed by atoms with Crippen LogP contribution in [0.4, 0.5) is 0 Å². The van der Waals surface area contributed by atoms with Gasteiger partial charge in [0.15, 0.2) is 0 Å². The van der Waals surface area contributed by atoms with Crippen LogP contribution >= 0.6 is 0 Å². The fourth-order valence-electron chi connectivity index (χ4n) is 1.51. The van der Waals surface area contributed by atoms with E-state index in [0.717, 1.165) is 0 Å². The van der Waals surface area contributed by atoms with E-state index >= 15 is 0 Å². The molecule has 1 N–H and O–H groups in total. The van der Waals surface area contributed by atoms with E-state index in [1.54, 1.807) is 6.92 Å². The summed E-state index contributed by atoms with van der Waals surface area (Å²) in [5.74, 6) is -0.0874. The van der Waals surface area contributed by atoms with Crippen molar-refractivity contribution in [3.63, 3.8) is 0 Å². The molecule has 2 atom stereocenters. The highest BCUT2D eigenvalue weighted by atomic mass is 16.5. The van der Waals surface area contributed by atoms with Gasteiger partial charge in [-0.2, -0.15) is 0 Å². The molecule has 0 aliphatic rings. The molecule has 0 heterocycles. The van der Waals surface area contributed by atoms with Crippen LogP contribution in [0.15, 0.2) is 0 Å². The summed E-state index contributed by atoms with van der Waals surface area (Å²) >= 11 is 0. The van der Waals surface area contributed by atoms with E-state index in [1.165, 1.54) is 7.11 Å². The number of esters is 1. The summed E-state index contributed by atoms with van der Waals surface area (Å²) in [5.41, 5.74) is 0. The molecule has 0 aliphatic heterocycles. The summed E-state index contributed by atoms with van der Waals surface area (Å²) < 4.78 is 4.70. The van der Waals surface area contributed by atoms with Gasteiger partial charge in [0, 0.05) is 12.6 Å². The maximum absolute atomic E-state index is 11.7. The second kappa shape index (κ2) is 8.08. The summed E-state index contributed by atoms with van der Waals surface area (Å²) in [7, 11) is 3.21. The molecule has 106 valence electrons. The molecule has 0 aromatic carbocycles. The van der Waals surface area contributed by atoms with E-state index in [9.17, 15) is 9.59 Å². The first kappa shape index (κ1) is 16.9. The Labute approximate surface area is 110 Å². The van der Waals surface area contributed by atoms with Crippen LogP contribution in [-0.4, -0.2) is 50.1 Å². The molecule has 0 aliphatic carbocycles. The first-order valence-corrected chi connectivity index (χ1v) is 6.34. The Morgan fingerprint density at radius 3 is 2.22 bits per heavy atom. The van der Waals surface area contributed by atoms with Crippen molar-refractivity contribution in [2.24, 2.45) is 11.8 Å². The highest BCUT2D eigenvalue weighted by Gasteiger charge is 2.25. The predicted octanol–water partition coefficient (Wildman–Crippen LogP) is 0.888. The zero-order valence-corrected chi connectivity index (χ0v) is 12.3. The minimum atomic E-state index is -0.253. The molecule has 0 fully saturated rings. The number of ether oxygens (including phenoxy) is 1. The lowest BCUT2D eigenvalue weighted by Crippen LogP contribution is -2.44. The molecular weight excluding hydrogens is 232 g/mol. The zero-order valence-electron chi connectivity index (χ0n) is 12.3. The number of carbonyl (C=O) groups excluding carboxylic acids is 2. The third kappa shape index (κ3) is 6.00. The molecule has 1 amide bonds. The van der Waals surface area contributed by atoms with E-state index < -0.39 is 0 Å². The second-order valence-corrected chi connectivity index (χ2v) is 5.17. The van der Waals surface area contributed by atoms with Crippen molar-refractivity contribution in [2.45, 2.75) is 33.7 Å². The zero-order chi connectivity index (χ0) is 14.3. The highest BCUT2D eigenvalue weighted by Crippen LogP contribution is 2.10. The third-order valence-corrected chi connectivity index (χ3v) is 3.09. The van der Waals surface area contributed by atoms with Gasteiger partial charge in [0.25, 0.3) is 0 Å². The van der Waals surface area contributed by atoms with Crippen LogP contribution in [0, 0.1) is 11.8 Å². The maximum Gasteiger partial charge on any atom is 0.309 e. The lowest BCUT2D eigenvalue weighted by Gasteiger charge is -2.27. The average molecular weight is 258 g/mol. The van der Waals surface area contributed by atoms with Gasteiger partial charge < -0.3 is 10.1 Å². The second-order valence-electron chi connectivity index (χ2n) is 5.17. The molecule has 0 saturated carbocycles. The van der Waals surface area contributed by atoms with Crippen LogP contribution in [0.25, 0.3) is 0 Å². The van der Waals surface area contributed by atoms with Crippen molar-refractivity contribution >= 4 is 11.9 Å². The van der Waals surface area contributed by atoms with Crippen LogP contribution < -0.4 is 5.32 Å². The molecule has 0 spiro atoms. The van der Waals surface area contributed by atoms with Gasteiger partial charge in [-0.1, -0.05) is 20.8 Å². The Morgan fingerprint density at radius 2 is 1.78 bits per heavy atom. The van der Waals surface area contributed by atoms with Crippen LogP contribution in [0.5, 0.6) is 0 Å². The predicted molar refractivity (Wildman–Crippen MR) is 71.1 cm³/mol. The molecule has 0 bridgehead atoms. The Bertz CT molecular complexity index is 279. The fraction of sp³-hybridized carbons (Fsp3) is 0.846. The molecule has 0 rings (SSSR count). The van der Waals surface area contributed by atoms with Crippen LogP contribution in [0.1, 0.15) is 27.7 Å². The molecule has 0 aromatic rings. The standard InChI is InChI=1S/C13H26N2O3/c1-9(2)7-14-12(16)8-15(5)11(4)10(3)13(17)18-6/h9-11H,7-8H2,1-6H3,(H,14,16). The Kier molecular flexibility index (Phi) is 7.59. The van der Waals surface area contributed by atoms with Crippen molar-refractivity contribution in [2.75, 3.05) is 27.2 Å². The van der Waals surface area contributed by atoms with Crippen molar-refractivity contribution in [3.05, 3.63) is 0 Å². The molecule has 0 radical (unpaired) electrons. The lowest BCUT2D eigenvalue weighted by molar-refractivity contribution is -0.147. The number of methoxy groups -OCH3 is 1. The van der Waals surface area contributed by atoms with Crippen LogP contribution in [0.2, 0.25) is 0 Å². The van der Waals surface area contributed by atoms with Gasteiger partial charge >= 0.3 is 5.97 Å². The number of nitrogens with zero attached hydrogens (tertiary/aromatic N) is 1. The van der Waals surface area contributed by atoms with Gasteiger partial charge in [-0.3, -0.25) is 14.5 Å². The largest absolute Gasteiger partial charge is 0.469 e. The number of likely N-dealkylation sites (N-methyl/N-ethyl adjacent to an activating group) is 1. The summed E-state index contributed by atoms with van der Waals surface area (Å²) in [4.78, 5) is 24.9. The van der Waals surface area contributed by atoms with Gasteiger partial charge in [-0.15, -0.1) is 0 Å². The minimum absolute atomic E-state index is 0.0184. The van der Waals surface area contributed by atoms with Gasteiger partial charge in [-0.25, -0.2) is 0 Å². The summed E-state index contributed by atoms with van der Waals surface area (Å²) in [6.45, 7) is 8.77. The van der Waals surface area contributed by atoms with Gasteiger partial charge in [-0.05, 0) is 19.9 Å². The highest BCUT2D eigenvalue weighted by molar-refractivity contribution is 5.78. The molecule has 0 saturated heterocycles. The molecule has 5 nitrogen and oxygen atoms in total. The first-order valence-electron chi connectivity index (χ1n) is 6.34. The SMILES string of the molecule is COC(=O)C(C)C(C)N(C)CC(=O)NCC(C)C. The smallest absolute Gasteiger partial charge is 0.309 e. The quantitative estimate of drug-likeness (QED) is 0.689. The van der Waals surface area contributed by atoms with Crippen molar-refractivity contribution in [1.29, 1.82) is 0 Å². The summed E-state index contributed by atoms with van der Waals surface area (Å²) in [6.07, 6.45) is 0. The minimum Gasteiger partial charge on any atom is -0.469 e. The number of nitrogens with one attached hydrogen (secondary N) is 1. The fourth-order valence-corrected chi connectivity index (χ4v) is 1.51.